The summed E-state index contributed by atoms with van der Waals surface area (Å²) < 4.78 is 12.4. The number of amides is 1. The van der Waals surface area contributed by atoms with Crippen molar-refractivity contribution in [3.05, 3.63) is 94.5 Å². The monoisotopic (exact) mass is 449 g/mol. The number of carbonyl (C=O) groups excluding carboxylic acids is 1. The van der Waals surface area contributed by atoms with E-state index in [-0.39, 0.29) is 17.6 Å². The first-order valence-corrected chi connectivity index (χ1v) is 11.5. The van der Waals surface area contributed by atoms with E-state index in [2.05, 4.69) is 19.2 Å². The molecule has 3 aromatic carbocycles. The van der Waals surface area contributed by atoms with Crippen molar-refractivity contribution >= 4 is 17.5 Å². The quantitative estimate of drug-likeness (QED) is 0.435. The average molecular weight is 450 g/mol. The van der Waals surface area contributed by atoms with E-state index in [1.807, 2.05) is 54.6 Å². The van der Waals surface area contributed by atoms with Gasteiger partial charge in [-0.15, -0.1) is 0 Å². The fraction of sp³-hybridized carbons (Fsp3) is 0.296. The molecule has 0 bridgehead atoms. The predicted molar refractivity (Wildman–Crippen MR) is 127 cm³/mol. The molecule has 1 aliphatic heterocycles. The maximum absolute atomic E-state index is 13.4. The summed E-state index contributed by atoms with van der Waals surface area (Å²) in [6, 6.07) is 22.8. The molecule has 1 amide bonds. The van der Waals surface area contributed by atoms with Crippen molar-refractivity contribution in [1.82, 2.24) is 5.32 Å². The van der Waals surface area contributed by atoms with Gasteiger partial charge in [0.2, 0.25) is 0 Å². The molecule has 1 aliphatic rings. The van der Waals surface area contributed by atoms with Crippen LogP contribution in [0, 0.1) is 0 Å². The van der Waals surface area contributed by atoms with E-state index in [0.29, 0.717) is 29.4 Å². The molecule has 1 N–H and O–H groups in total. The molecule has 0 aliphatic carbocycles. The third kappa shape index (κ3) is 4.76. The Hall–Kier alpha value is -2.98. The third-order valence-corrected chi connectivity index (χ3v) is 6.45. The maximum atomic E-state index is 13.4. The second-order valence-electron chi connectivity index (χ2n) is 8.17. The predicted octanol–water partition coefficient (Wildman–Crippen LogP) is 6.73. The van der Waals surface area contributed by atoms with Crippen molar-refractivity contribution in [2.75, 3.05) is 0 Å². The van der Waals surface area contributed by atoms with Crippen LogP contribution in [0.4, 0.5) is 0 Å². The number of halogens is 1. The Labute approximate surface area is 194 Å². The lowest BCUT2D eigenvalue weighted by atomic mass is 9.83. The zero-order valence-corrected chi connectivity index (χ0v) is 19.2. The van der Waals surface area contributed by atoms with Gasteiger partial charge in [0, 0.05) is 17.0 Å². The first-order valence-electron chi connectivity index (χ1n) is 11.1. The van der Waals surface area contributed by atoms with Gasteiger partial charge in [0.05, 0.1) is 11.6 Å². The summed E-state index contributed by atoms with van der Waals surface area (Å²) in [6.07, 6.45) is 2.45. The Morgan fingerprint density at radius 1 is 1.06 bits per heavy atom. The summed E-state index contributed by atoms with van der Waals surface area (Å²) in [5.74, 6) is 1.13. The zero-order valence-electron chi connectivity index (χ0n) is 18.4. The van der Waals surface area contributed by atoms with Crippen LogP contribution < -0.4 is 14.8 Å². The van der Waals surface area contributed by atoms with Gasteiger partial charge < -0.3 is 14.8 Å². The largest absolute Gasteiger partial charge is 0.488 e. The Morgan fingerprint density at radius 2 is 1.78 bits per heavy atom. The fourth-order valence-corrected chi connectivity index (χ4v) is 4.38. The van der Waals surface area contributed by atoms with Crippen LogP contribution in [0.5, 0.6) is 11.5 Å². The number of fused-ring (bicyclic) bond motifs is 1. The van der Waals surface area contributed by atoms with Crippen LogP contribution in [-0.2, 0) is 6.61 Å². The molecule has 0 saturated carbocycles. The number of nitrogens with one attached hydrogen (secondary N) is 1. The molecule has 0 fully saturated rings. The highest BCUT2D eigenvalue weighted by molar-refractivity contribution is 6.31. The number of para-hydroxylation sites is 1. The van der Waals surface area contributed by atoms with E-state index in [4.69, 9.17) is 21.1 Å². The number of ether oxygens (including phenoxy) is 2. The second-order valence-corrected chi connectivity index (χ2v) is 8.61. The molecule has 166 valence electrons. The molecule has 0 unspecified atom stereocenters. The standard InChI is InChI=1S/C27H28ClNO3/c1-3-27(4-2)17-23(21-12-8-9-13-25(21)32-27)29-26(30)22-16-20(28)14-15-24(22)31-18-19-10-6-5-7-11-19/h5-16,23H,3-4,17-18H2,1-2H3,(H,29,30)/t23-/m0/s1. The molecule has 3 aromatic rings. The maximum Gasteiger partial charge on any atom is 0.255 e. The molecule has 5 heteroatoms. The Morgan fingerprint density at radius 3 is 2.53 bits per heavy atom. The SMILES string of the molecule is CCC1(CC)C[C@H](NC(=O)c2cc(Cl)ccc2OCc2ccccc2)c2ccccc2O1. The molecule has 1 heterocycles. The van der Waals surface area contributed by atoms with Crippen molar-refractivity contribution in [2.45, 2.75) is 51.4 Å². The molecular weight excluding hydrogens is 422 g/mol. The topological polar surface area (TPSA) is 47.6 Å². The molecule has 0 radical (unpaired) electrons. The van der Waals surface area contributed by atoms with Crippen molar-refractivity contribution in [3.63, 3.8) is 0 Å². The first-order chi connectivity index (χ1) is 15.5. The number of hydrogen-bond acceptors (Lipinski definition) is 3. The highest BCUT2D eigenvalue weighted by atomic mass is 35.5. The highest BCUT2D eigenvalue weighted by Gasteiger charge is 2.39. The van der Waals surface area contributed by atoms with E-state index in [0.717, 1.165) is 29.7 Å². The molecule has 0 aromatic heterocycles. The zero-order chi connectivity index (χ0) is 22.6. The van der Waals surface area contributed by atoms with Crippen molar-refractivity contribution in [1.29, 1.82) is 0 Å². The lowest BCUT2D eigenvalue weighted by molar-refractivity contribution is 0.0227. The summed E-state index contributed by atoms with van der Waals surface area (Å²) in [6.45, 7) is 4.63. The number of benzene rings is 3. The van der Waals surface area contributed by atoms with Crippen LogP contribution in [0.3, 0.4) is 0 Å². The van der Waals surface area contributed by atoms with Crippen LogP contribution in [-0.4, -0.2) is 11.5 Å². The van der Waals surface area contributed by atoms with Gasteiger partial charge in [0.1, 0.15) is 23.7 Å². The van der Waals surface area contributed by atoms with E-state index in [1.54, 1.807) is 18.2 Å². The van der Waals surface area contributed by atoms with Gasteiger partial charge in [-0.3, -0.25) is 4.79 Å². The van der Waals surface area contributed by atoms with E-state index in [1.165, 1.54) is 0 Å². The van der Waals surface area contributed by atoms with Gasteiger partial charge >= 0.3 is 0 Å². The van der Waals surface area contributed by atoms with Crippen molar-refractivity contribution in [2.24, 2.45) is 0 Å². The van der Waals surface area contributed by atoms with Gasteiger partial charge in [-0.1, -0.05) is 74.0 Å². The van der Waals surface area contributed by atoms with Crippen LogP contribution in [0.25, 0.3) is 0 Å². The summed E-state index contributed by atoms with van der Waals surface area (Å²) >= 11 is 6.24. The molecule has 0 spiro atoms. The van der Waals surface area contributed by atoms with Gasteiger partial charge in [-0.25, -0.2) is 0 Å². The van der Waals surface area contributed by atoms with Crippen LogP contribution in [0.1, 0.15) is 60.6 Å². The van der Waals surface area contributed by atoms with E-state index < -0.39 is 0 Å². The van der Waals surface area contributed by atoms with E-state index in [9.17, 15) is 4.79 Å². The summed E-state index contributed by atoms with van der Waals surface area (Å²) in [4.78, 5) is 13.4. The average Bonchev–Trinajstić information content (AvgIpc) is 2.83. The summed E-state index contributed by atoms with van der Waals surface area (Å²) in [7, 11) is 0. The Kier molecular flexibility index (Phi) is 6.71. The lowest BCUT2D eigenvalue weighted by Gasteiger charge is -2.41. The summed E-state index contributed by atoms with van der Waals surface area (Å²) in [5.41, 5.74) is 2.15. The normalized spacial score (nSPS) is 16.5. The van der Waals surface area contributed by atoms with Crippen LogP contribution in [0.2, 0.25) is 5.02 Å². The van der Waals surface area contributed by atoms with Gasteiger partial charge in [-0.2, -0.15) is 0 Å². The minimum atomic E-state index is -0.298. The second kappa shape index (κ2) is 9.66. The van der Waals surface area contributed by atoms with Gasteiger partial charge in [0.25, 0.3) is 5.91 Å². The van der Waals surface area contributed by atoms with Crippen molar-refractivity contribution < 1.29 is 14.3 Å². The van der Waals surface area contributed by atoms with Crippen molar-refractivity contribution in [3.8, 4) is 11.5 Å². The molecule has 0 saturated heterocycles. The highest BCUT2D eigenvalue weighted by Crippen LogP contribution is 2.42. The molecule has 4 nitrogen and oxygen atoms in total. The fourth-order valence-electron chi connectivity index (χ4n) is 4.21. The van der Waals surface area contributed by atoms with Crippen LogP contribution >= 0.6 is 11.6 Å². The minimum Gasteiger partial charge on any atom is -0.488 e. The molecule has 4 rings (SSSR count). The third-order valence-electron chi connectivity index (χ3n) is 6.21. The lowest BCUT2D eigenvalue weighted by Crippen LogP contribution is -2.44. The molecular formula is C27H28ClNO3. The Bertz CT molecular complexity index is 1080. The number of rotatable bonds is 7. The molecule has 32 heavy (non-hydrogen) atoms. The first kappa shape index (κ1) is 22.2. The van der Waals surface area contributed by atoms with E-state index >= 15 is 0 Å². The summed E-state index contributed by atoms with van der Waals surface area (Å²) in [5, 5.41) is 3.71. The minimum absolute atomic E-state index is 0.159. The number of carbonyl (C=O) groups is 1. The molecule has 1 atom stereocenters. The Balaban J connectivity index is 1.59. The van der Waals surface area contributed by atoms with Gasteiger partial charge in [0.15, 0.2) is 0 Å². The van der Waals surface area contributed by atoms with Crippen LogP contribution in [0.15, 0.2) is 72.8 Å². The number of hydrogen-bond donors (Lipinski definition) is 1. The smallest absolute Gasteiger partial charge is 0.255 e. The van der Waals surface area contributed by atoms with Gasteiger partial charge in [-0.05, 0) is 42.7 Å².